The molecule has 0 bridgehead atoms. The van der Waals surface area contributed by atoms with Crippen LogP contribution in [0.3, 0.4) is 0 Å². The van der Waals surface area contributed by atoms with Gasteiger partial charge in [-0.2, -0.15) is 13.2 Å². The van der Waals surface area contributed by atoms with Crippen molar-refractivity contribution >= 4 is 27.6 Å². The minimum Gasteiger partial charge on any atom is -0.478 e. The first kappa shape index (κ1) is 16.8. The highest BCUT2D eigenvalue weighted by Gasteiger charge is 2.33. The van der Waals surface area contributed by atoms with Gasteiger partial charge in [0.25, 0.3) is 0 Å². The number of pyridine rings is 1. The molecular formula is C10H10F3NO4S2. The molecule has 0 unspecified atom stereocenters. The van der Waals surface area contributed by atoms with Gasteiger partial charge in [0.1, 0.15) is 20.6 Å². The second kappa shape index (κ2) is 6.00. The van der Waals surface area contributed by atoms with Crippen molar-refractivity contribution in [2.24, 2.45) is 0 Å². The summed E-state index contributed by atoms with van der Waals surface area (Å²) in [6.45, 7) is 0. The van der Waals surface area contributed by atoms with Crippen molar-refractivity contribution in [1.29, 1.82) is 0 Å². The Kier molecular flexibility index (Phi) is 5.03. The van der Waals surface area contributed by atoms with Gasteiger partial charge in [-0.05, 0) is 12.1 Å². The van der Waals surface area contributed by atoms with E-state index >= 15 is 0 Å². The molecular weight excluding hydrogens is 319 g/mol. The van der Waals surface area contributed by atoms with Crippen LogP contribution in [0.5, 0.6) is 0 Å². The van der Waals surface area contributed by atoms with Crippen molar-refractivity contribution in [3.05, 3.63) is 23.4 Å². The van der Waals surface area contributed by atoms with Gasteiger partial charge in [-0.15, -0.1) is 11.8 Å². The number of thioether (sulfide) groups is 1. The third-order valence-electron chi connectivity index (χ3n) is 2.07. The van der Waals surface area contributed by atoms with Gasteiger partial charge in [0.15, 0.2) is 0 Å². The lowest BCUT2D eigenvalue weighted by Gasteiger charge is -2.09. The molecule has 1 N–H and O–H groups in total. The summed E-state index contributed by atoms with van der Waals surface area (Å²) in [4.78, 5) is 14.1. The molecule has 0 fully saturated rings. The molecule has 0 atom stereocenters. The average Bonchev–Trinajstić information content (AvgIpc) is 2.25. The molecule has 0 spiro atoms. The number of aromatic carboxylic acids is 1. The van der Waals surface area contributed by atoms with Crippen LogP contribution in [0.15, 0.2) is 17.2 Å². The number of alkyl halides is 3. The molecule has 1 aromatic heterocycles. The van der Waals surface area contributed by atoms with Gasteiger partial charge in [-0.25, -0.2) is 18.2 Å². The van der Waals surface area contributed by atoms with Gasteiger partial charge >= 0.3 is 12.1 Å². The molecule has 0 aliphatic rings. The molecule has 5 nitrogen and oxygen atoms in total. The zero-order valence-electron chi connectivity index (χ0n) is 10.1. The lowest BCUT2D eigenvalue weighted by Crippen LogP contribution is -2.12. The Morgan fingerprint density at radius 1 is 1.40 bits per heavy atom. The molecule has 1 heterocycles. The monoisotopic (exact) mass is 329 g/mol. The van der Waals surface area contributed by atoms with E-state index in [1.165, 1.54) is 0 Å². The van der Waals surface area contributed by atoms with Crippen molar-refractivity contribution in [3.8, 4) is 0 Å². The summed E-state index contributed by atoms with van der Waals surface area (Å²) in [5, 5.41) is 8.51. The van der Waals surface area contributed by atoms with Crippen LogP contribution in [0.1, 0.15) is 16.1 Å². The number of nitrogens with zero attached hydrogens (tertiary/aromatic N) is 1. The van der Waals surface area contributed by atoms with Crippen molar-refractivity contribution in [3.63, 3.8) is 0 Å². The maximum absolute atomic E-state index is 12.5. The fraction of sp³-hybridized carbons (Fsp3) is 0.400. The number of carbonyl (C=O) groups is 1. The first-order valence-corrected chi connectivity index (χ1v) is 8.17. The molecule has 112 valence electrons. The molecule has 0 radical (unpaired) electrons. The van der Waals surface area contributed by atoms with E-state index in [1.54, 1.807) is 0 Å². The van der Waals surface area contributed by atoms with Gasteiger partial charge in [-0.3, -0.25) is 0 Å². The van der Waals surface area contributed by atoms with Crippen LogP contribution >= 0.6 is 11.8 Å². The Bertz CT molecular complexity index is 613. The maximum Gasteiger partial charge on any atom is 0.433 e. The van der Waals surface area contributed by atoms with Gasteiger partial charge in [-0.1, -0.05) is 0 Å². The van der Waals surface area contributed by atoms with E-state index in [4.69, 9.17) is 5.11 Å². The summed E-state index contributed by atoms with van der Waals surface area (Å²) in [5.41, 5.74) is -1.61. The lowest BCUT2D eigenvalue weighted by molar-refractivity contribution is -0.141. The average molecular weight is 329 g/mol. The van der Waals surface area contributed by atoms with Crippen molar-refractivity contribution in [2.75, 3.05) is 17.8 Å². The van der Waals surface area contributed by atoms with Crippen LogP contribution in [0, 0.1) is 0 Å². The number of carboxylic acids is 1. The largest absolute Gasteiger partial charge is 0.478 e. The van der Waals surface area contributed by atoms with Gasteiger partial charge in [0, 0.05) is 12.0 Å². The molecule has 0 amide bonds. The smallest absolute Gasteiger partial charge is 0.433 e. The summed E-state index contributed by atoms with van der Waals surface area (Å²) >= 11 is 0.661. The molecule has 0 saturated carbocycles. The second-order valence-electron chi connectivity index (χ2n) is 3.83. The molecule has 0 saturated heterocycles. The summed E-state index contributed by atoms with van der Waals surface area (Å²) < 4.78 is 59.4. The van der Waals surface area contributed by atoms with E-state index < -0.39 is 33.2 Å². The molecule has 0 aromatic carbocycles. The molecule has 1 rings (SSSR count). The van der Waals surface area contributed by atoms with Crippen LogP contribution in [0.25, 0.3) is 0 Å². The van der Waals surface area contributed by atoms with E-state index in [0.29, 0.717) is 17.8 Å². The summed E-state index contributed by atoms with van der Waals surface area (Å²) in [5.74, 6) is -1.78. The number of aromatic nitrogens is 1. The van der Waals surface area contributed by atoms with Crippen molar-refractivity contribution < 1.29 is 31.5 Å². The normalized spacial score (nSPS) is 12.4. The van der Waals surface area contributed by atoms with E-state index in [-0.39, 0.29) is 16.5 Å². The SMILES string of the molecule is CS(=O)(=O)CCSc1nc(C(F)(F)F)ccc1C(=O)O. The van der Waals surface area contributed by atoms with E-state index in [9.17, 15) is 26.4 Å². The maximum atomic E-state index is 12.5. The zero-order valence-corrected chi connectivity index (χ0v) is 11.8. The number of hydrogen-bond acceptors (Lipinski definition) is 5. The lowest BCUT2D eigenvalue weighted by atomic mass is 10.2. The van der Waals surface area contributed by atoms with E-state index in [1.807, 2.05) is 0 Å². The molecule has 0 aliphatic heterocycles. The first-order chi connectivity index (χ1) is 9.00. The number of rotatable bonds is 5. The predicted molar refractivity (Wildman–Crippen MR) is 66.6 cm³/mol. The van der Waals surface area contributed by atoms with Gasteiger partial charge < -0.3 is 5.11 Å². The number of carboxylic acid groups (broad SMARTS) is 1. The Labute approximate surface area is 117 Å². The van der Waals surface area contributed by atoms with Crippen LogP contribution < -0.4 is 0 Å². The fourth-order valence-electron chi connectivity index (χ4n) is 1.16. The van der Waals surface area contributed by atoms with Gasteiger partial charge in [0.2, 0.25) is 0 Å². The summed E-state index contributed by atoms with van der Waals surface area (Å²) in [6, 6.07) is 1.38. The Hall–Kier alpha value is -1.29. The Morgan fingerprint density at radius 2 is 2.00 bits per heavy atom. The third-order valence-corrected chi connectivity index (χ3v) is 4.27. The van der Waals surface area contributed by atoms with Crippen LogP contribution in [-0.4, -0.2) is 42.2 Å². The Balaban J connectivity index is 3.04. The summed E-state index contributed by atoms with van der Waals surface area (Å²) in [7, 11) is -3.28. The minimum atomic E-state index is -4.69. The predicted octanol–water partition coefficient (Wildman–Crippen LogP) is 1.94. The number of sulfone groups is 1. The van der Waals surface area contributed by atoms with Crippen LogP contribution in [-0.2, 0) is 16.0 Å². The van der Waals surface area contributed by atoms with E-state index in [2.05, 4.69) is 4.98 Å². The van der Waals surface area contributed by atoms with Crippen molar-refractivity contribution in [1.82, 2.24) is 4.98 Å². The Morgan fingerprint density at radius 3 is 2.45 bits per heavy atom. The topological polar surface area (TPSA) is 84.3 Å². The quantitative estimate of drug-likeness (QED) is 0.831. The standard InChI is InChI=1S/C10H10F3NO4S2/c1-20(17,18)5-4-19-8-6(9(15)16)2-3-7(14-8)10(11,12)13/h2-3H,4-5H2,1H3,(H,15,16). The van der Waals surface area contributed by atoms with Crippen molar-refractivity contribution in [2.45, 2.75) is 11.2 Å². The number of halogens is 3. The van der Waals surface area contributed by atoms with Crippen LogP contribution in [0.2, 0.25) is 0 Å². The highest BCUT2D eigenvalue weighted by atomic mass is 32.2. The highest BCUT2D eigenvalue weighted by molar-refractivity contribution is 8.00. The zero-order chi connectivity index (χ0) is 15.6. The molecule has 10 heteroatoms. The minimum absolute atomic E-state index is 0.0760. The van der Waals surface area contributed by atoms with E-state index in [0.717, 1.165) is 12.3 Å². The molecule has 1 aromatic rings. The highest BCUT2D eigenvalue weighted by Crippen LogP contribution is 2.31. The third kappa shape index (κ3) is 5.00. The first-order valence-electron chi connectivity index (χ1n) is 5.13. The second-order valence-corrected chi connectivity index (χ2v) is 7.17. The number of hydrogen-bond donors (Lipinski definition) is 1. The fourth-order valence-corrected chi connectivity index (χ4v) is 3.37. The van der Waals surface area contributed by atoms with Crippen LogP contribution in [0.4, 0.5) is 13.2 Å². The van der Waals surface area contributed by atoms with Gasteiger partial charge in [0.05, 0.1) is 11.3 Å². The summed E-state index contributed by atoms with van der Waals surface area (Å²) in [6.07, 6.45) is -3.71. The molecule has 0 aliphatic carbocycles. The molecule has 20 heavy (non-hydrogen) atoms.